The lowest BCUT2D eigenvalue weighted by atomic mass is 10.0. The summed E-state index contributed by atoms with van der Waals surface area (Å²) in [6.07, 6.45) is 4.05. The first-order valence-electron chi connectivity index (χ1n) is 24.3. The van der Waals surface area contributed by atoms with E-state index < -0.39 is 137 Å². The molecular formula is C50H62N12O12S2. The molecule has 9 atom stereocenters. The second-order valence-electron chi connectivity index (χ2n) is 18.9. The Morgan fingerprint density at radius 2 is 1.09 bits per heavy atom. The zero-order chi connectivity index (χ0) is 55.7. The first kappa shape index (κ1) is 57.8. The molecule has 0 spiro atoms. The van der Waals surface area contributed by atoms with Gasteiger partial charge in [0, 0.05) is 26.9 Å². The van der Waals surface area contributed by atoms with E-state index in [-0.39, 0.29) is 17.1 Å². The Hall–Kier alpha value is -7.48. The average Bonchev–Trinajstić information content (AvgIpc) is 3.40. The molecule has 5 N–H and O–H groups in total. The fourth-order valence-corrected chi connectivity index (χ4v) is 11.0. The Morgan fingerprint density at radius 1 is 0.632 bits per heavy atom. The van der Waals surface area contributed by atoms with Gasteiger partial charge in [-0.25, -0.2) is 19.6 Å². The second-order valence-corrected chi connectivity index (χ2v) is 21.4. The molecule has 26 heteroatoms. The molecule has 4 heterocycles. The SMILES string of the molecule is CSC1SC[C@H]2C(=O)N[C@@H](C(C)C)C(=O)OC[C@@H](NC(=O)c3cnc4ccccc4n3)C(=O)N[C@@H](C)C(=O)N(C)[C@@H]1C(=O)N(C)[C@@H](C(C)C)C(=O)OC[C@@H](NC(=O)c1cnc3ccccc3n1)C(=O)N[C@@H](C)C(=O)N2C. The highest BCUT2D eigenvalue weighted by Crippen LogP contribution is 2.32. The topological polar surface area (TPSA) is 311 Å². The van der Waals surface area contributed by atoms with E-state index in [4.69, 9.17) is 9.47 Å². The molecule has 6 rings (SSSR count). The van der Waals surface area contributed by atoms with Crippen LogP contribution in [0.2, 0.25) is 0 Å². The predicted molar refractivity (Wildman–Crippen MR) is 280 cm³/mol. The van der Waals surface area contributed by atoms with E-state index in [1.165, 1.54) is 47.4 Å². The lowest BCUT2D eigenvalue weighted by Crippen LogP contribution is -2.60. The minimum atomic E-state index is -1.66. The number of ether oxygens (including phenoxy) is 2. The van der Waals surface area contributed by atoms with Gasteiger partial charge in [-0.3, -0.25) is 48.3 Å². The van der Waals surface area contributed by atoms with Crippen molar-refractivity contribution in [1.29, 1.82) is 0 Å². The zero-order valence-electron chi connectivity index (χ0n) is 43.6. The third kappa shape index (κ3) is 13.5. The number of likely N-dealkylation sites (N-methyl/N-ethyl adjacent to an activating group) is 3. The summed E-state index contributed by atoms with van der Waals surface area (Å²) >= 11 is 2.14. The molecule has 2 bridgehead atoms. The van der Waals surface area contributed by atoms with Crippen molar-refractivity contribution in [3.63, 3.8) is 0 Å². The zero-order valence-corrected chi connectivity index (χ0v) is 45.2. The number of benzene rings is 2. The highest BCUT2D eigenvalue weighted by atomic mass is 32.2. The number of thioether (sulfide) groups is 2. The van der Waals surface area contributed by atoms with Crippen LogP contribution in [0.15, 0.2) is 60.9 Å². The Labute approximate surface area is 446 Å². The van der Waals surface area contributed by atoms with Gasteiger partial charge in [0.1, 0.15) is 72.9 Å². The summed E-state index contributed by atoms with van der Waals surface area (Å²) in [6.45, 7) is 7.60. The Morgan fingerprint density at radius 3 is 1.55 bits per heavy atom. The smallest absolute Gasteiger partial charge is 0.329 e. The molecule has 24 nitrogen and oxygen atoms in total. The maximum Gasteiger partial charge on any atom is 0.329 e. The number of carbonyl (C=O) groups is 10. The molecule has 0 aliphatic carbocycles. The average molecular weight is 1090 g/mol. The van der Waals surface area contributed by atoms with Crippen molar-refractivity contribution in [3.05, 3.63) is 72.3 Å². The summed E-state index contributed by atoms with van der Waals surface area (Å²) < 4.78 is 10.4. The van der Waals surface area contributed by atoms with Crippen LogP contribution in [-0.2, 0) is 47.8 Å². The fourth-order valence-electron chi connectivity index (χ4n) is 8.39. The van der Waals surface area contributed by atoms with Crippen LogP contribution in [0.3, 0.4) is 0 Å². The summed E-state index contributed by atoms with van der Waals surface area (Å²) in [6, 6.07) is 1.71. The molecule has 0 saturated carbocycles. The number of carbonyl (C=O) groups excluding carboxylic acids is 10. The van der Waals surface area contributed by atoms with E-state index in [1.54, 1.807) is 82.5 Å². The molecular weight excluding hydrogens is 1020 g/mol. The number of hydrogen-bond acceptors (Lipinski definition) is 18. The van der Waals surface area contributed by atoms with Crippen molar-refractivity contribution >= 4 is 105 Å². The van der Waals surface area contributed by atoms with E-state index in [1.807, 2.05) is 0 Å². The van der Waals surface area contributed by atoms with Crippen molar-refractivity contribution in [3.8, 4) is 0 Å². The number of esters is 2. The number of hydrogen-bond donors (Lipinski definition) is 5. The fraction of sp³-hybridized carbons (Fsp3) is 0.480. The van der Waals surface area contributed by atoms with Crippen LogP contribution in [-0.4, -0.2) is 193 Å². The molecule has 2 fully saturated rings. The quantitative estimate of drug-likeness (QED) is 0.155. The van der Waals surface area contributed by atoms with Crippen molar-refractivity contribution < 1.29 is 57.4 Å². The third-order valence-corrected chi connectivity index (χ3v) is 15.6. The van der Waals surface area contributed by atoms with Gasteiger partial charge in [0.25, 0.3) is 11.8 Å². The molecule has 1 unspecified atom stereocenters. The standard InChI is InChI=1S/C50H62N12O12S2/c1-24(2)37-48(71)73-21-34(57-40(63)32-19-51-28-15-11-13-17-30(28)55-32)42(65)54-27(6)46(69)62(9)39-47(70)61(8)38(25(3)4)49(72)74-22-35(58-41(64)33-20-52-29-16-12-14-18-31(29)56-33)43(66)53-26(5)45(68)60(7)36(44(67)59-37)23-76-50(39)75-10/h11-20,24-27,34-39,50H,21-23H2,1-10H3,(H,53,66)(H,54,65)(H,57,63)(H,58,64)(H,59,67)/t26-,27-,34+,35+,36-,37-,38-,39+,50?/m0/s1. The summed E-state index contributed by atoms with van der Waals surface area (Å²) in [4.78, 5) is 163. The number of para-hydroxylation sites is 4. The van der Waals surface area contributed by atoms with Gasteiger partial charge in [-0.2, -0.15) is 0 Å². The van der Waals surface area contributed by atoms with Gasteiger partial charge in [0.2, 0.25) is 35.4 Å². The number of rotatable bonds is 7. The number of amides is 8. The van der Waals surface area contributed by atoms with E-state index in [0.29, 0.717) is 22.1 Å². The molecule has 2 aromatic carbocycles. The maximum atomic E-state index is 15.2. The monoisotopic (exact) mass is 1090 g/mol. The molecule has 4 aromatic rings. The maximum absolute atomic E-state index is 15.2. The van der Waals surface area contributed by atoms with Crippen LogP contribution >= 0.6 is 23.5 Å². The van der Waals surface area contributed by atoms with Crippen LogP contribution < -0.4 is 26.6 Å². The summed E-state index contributed by atoms with van der Waals surface area (Å²) in [5.74, 6) is -10.6. The number of fused-ring (bicyclic) bond motifs is 6. The number of nitrogens with zero attached hydrogens (tertiary/aromatic N) is 7. The highest BCUT2D eigenvalue weighted by Gasteiger charge is 2.44. The second kappa shape index (κ2) is 25.4. The van der Waals surface area contributed by atoms with Gasteiger partial charge in [-0.15, -0.1) is 23.5 Å². The summed E-state index contributed by atoms with van der Waals surface area (Å²) in [7, 11) is 3.96. The van der Waals surface area contributed by atoms with Crippen molar-refractivity contribution in [1.82, 2.24) is 61.2 Å². The molecule has 0 radical (unpaired) electrons. The van der Waals surface area contributed by atoms with Gasteiger partial charge >= 0.3 is 11.9 Å². The van der Waals surface area contributed by atoms with Crippen molar-refractivity contribution in [2.75, 3.05) is 46.4 Å². The van der Waals surface area contributed by atoms with Gasteiger partial charge in [0.15, 0.2) is 0 Å². The van der Waals surface area contributed by atoms with Crippen molar-refractivity contribution in [2.24, 2.45) is 11.8 Å². The molecule has 8 amide bonds. The molecule has 406 valence electrons. The molecule has 2 aliphatic heterocycles. The Bertz CT molecular complexity index is 2890. The Kier molecular flexibility index (Phi) is 19.3. The van der Waals surface area contributed by atoms with E-state index in [0.717, 1.165) is 38.2 Å². The molecule has 2 aromatic heterocycles. The lowest BCUT2D eigenvalue weighted by Gasteiger charge is -2.39. The summed E-state index contributed by atoms with van der Waals surface area (Å²) in [5.41, 5.74) is 1.37. The van der Waals surface area contributed by atoms with Gasteiger partial charge < -0.3 is 50.8 Å². The van der Waals surface area contributed by atoms with E-state index in [9.17, 15) is 43.2 Å². The van der Waals surface area contributed by atoms with Gasteiger partial charge in [0.05, 0.1) is 39.0 Å². The van der Waals surface area contributed by atoms with Crippen LogP contribution in [0.5, 0.6) is 0 Å². The number of aromatic nitrogens is 4. The minimum Gasteiger partial charge on any atom is -0.461 e. The van der Waals surface area contributed by atoms with Gasteiger partial charge in [-0.05, 0) is 56.2 Å². The lowest BCUT2D eigenvalue weighted by molar-refractivity contribution is -0.159. The number of cyclic esters (lactones) is 2. The molecule has 76 heavy (non-hydrogen) atoms. The first-order chi connectivity index (χ1) is 36.0. The Balaban J connectivity index is 1.41. The van der Waals surface area contributed by atoms with Crippen molar-refractivity contribution in [2.45, 2.75) is 94.5 Å². The van der Waals surface area contributed by atoms with Gasteiger partial charge in [-0.1, -0.05) is 52.0 Å². The first-order valence-corrected chi connectivity index (χ1v) is 26.6. The predicted octanol–water partition coefficient (Wildman–Crippen LogP) is 0.293. The number of nitrogens with one attached hydrogen (secondary N) is 5. The molecule has 2 saturated heterocycles. The van der Waals surface area contributed by atoms with Crippen LogP contribution in [0, 0.1) is 11.8 Å². The molecule has 2 aliphatic rings. The minimum absolute atomic E-state index is 0.183. The van der Waals surface area contributed by atoms with E-state index >= 15 is 4.79 Å². The normalized spacial score (nSPS) is 25.4. The largest absolute Gasteiger partial charge is 0.461 e. The van der Waals surface area contributed by atoms with E-state index in [2.05, 4.69) is 46.5 Å². The van der Waals surface area contributed by atoms with Crippen LogP contribution in [0.1, 0.15) is 62.5 Å². The van der Waals surface area contributed by atoms with Crippen LogP contribution in [0.25, 0.3) is 22.1 Å². The third-order valence-electron chi connectivity index (χ3n) is 12.7. The highest BCUT2D eigenvalue weighted by molar-refractivity contribution is 8.16. The van der Waals surface area contributed by atoms with Crippen LogP contribution in [0.4, 0.5) is 0 Å². The summed E-state index contributed by atoms with van der Waals surface area (Å²) in [5, 5.41) is 12.8.